The van der Waals surface area contributed by atoms with E-state index >= 15 is 0 Å². The first kappa shape index (κ1) is 20.0. The molecular formula is C20H21BrFNO3S. The molecule has 1 N–H and O–H groups in total. The fourth-order valence-electron chi connectivity index (χ4n) is 3.42. The molecule has 144 valence electrons. The molecule has 3 aromatic rings. The number of methoxy groups -OCH3 is 1. The number of aromatic nitrogens is 1. The Morgan fingerprint density at radius 3 is 2.81 bits per heavy atom. The van der Waals surface area contributed by atoms with Crippen molar-refractivity contribution in [3.05, 3.63) is 61.9 Å². The van der Waals surface area contributed by atoms with Crippen LogP contribution in [0.2, 0.25) is 0 Å². The highest BCUT2D eigenvalue weighted by atomic mass is 79.9. The maximum Gasteiger partial charge on any atom is 0.213 e. The van der Waals surface area contributed by atoms with Gasteiger partial charge in [0.15, 0.2) is 0 Å². The van der Waals surface area contributed by atoms with Gasteiger partial charge in [-0.25, -0.2) is 4.39 Å². The SMILES string of the molecule is COc1ccc(F)cc1C(C)(C)CC(O)Cn1cc(Br)c(=O)c2sccc21. The first-order valence-corrected chi connectivity index (χ1v) is 10.2. The van der Waals surface area contributed by atoms with Crippen LogP contribution in [0.3, 0.4) is 0 Å². The fourth-order valence-corrected chi connectivity index (χ4v) is 4.86. The summed E-state index contributed by atoms with van der Waals surface area (Å²) in [6.45, 7) is 4.23. The highest BCUT2D eigenvalue weighted by Gasteiger charge is 2.28. The van der Waals surface area contributed by atoms with E-state index in [2.05, 4.69) is 15.9 Å². The van der Waals surface area contributed by atoms with Gasteiger partial charge in [0.25, 0.3) is 0 Å². The highest BCUT2D eigenvalue weighted by Crippen LogP contribution is 2.36. The minimum atomic E-state index is -0.689. The molecule has 3 rings (SSSR count). The van der Waals surface area contributed by atoms with E-state index in [0.29, 0.717) is 33.5 Å². The molecule has 0 fully saturated rings. The van der Waals surface area contributed by atoms with Crippen LogP contribution in [0.5, 0.6) is 5.75 Å². The average molecular weight is 454 g/mol. The van der Waals surface area contributed by atoms with E-state index in [1.807, 2.05) is 29.9 Å². The van der Waals surface area contributed by atoms with Gasteiger partial charge in [0.1, 0.15) is 11.6 Å². The van der Waals surface area contributed by atoms with Crippen LogP contribution < -0.4 is 10.2 Å². The Morgan fingerprint density at radius 2 is 2.11 bits per heavy atom. The second-order valence-electron chi connectivity index (χ2n) is 7.18. The summed E-state index contributed by atoms with van der Waals surface area (Å²) in [5.74, 6) is 0.262. The average Bonchev–Trinajstić information content (AvgIpc) is 3.09. The number of halogens is 2. The minimum Gasteiger partial charge on any atom is -0.496 e. The van der Waals surface area contributed by atoms with Crippen LogP contribution in [-0.2, 0) is 12.0 Å². The summed E-state index contributed by atoms with van der Waals surface area (Å²) in [5.41, 5.74) is 0.964. The van der Waals surface area contributed by atoms with Crippen molar-refractivity contribution < 1.29 is 14.2 Å². The lowest BCUT2D eigenvalue weighted by atomic mass is 9.79. The Bertz CT molecular complexity index is 1030. The molecule has 2 heterocycles. The summed E-state index contributed by atoms with van der Waals surface area (Å²) in [7, 11) is 1.55. The molecule has 1 unspecified atom stereocenters. The molecule has 27 heavy (non-hydrogen) atoms. The molecule has 0 radical (unpaired) electrons. The Kier molecular flexibility index (Phi) is 5.74. The van der Waals surface area contributed by atoms with Gasteiger partial charge < -0.3 is 14.4 Å². The van der Waals surface area contributed by atoms with Crippen molar-refractivity contribution in [2.24, 2.45) is 0 Å². The van der Waals surface area contributed by atoms with Gasteiger partial charge in [-0.15, -0.1) is 11.3 Å². The normalized spacial score (nSPS) is 13.1. The summed E-state index contributed by atoms with van der Waals surface area (Å²) in [6.07, 6.45) is 1.42. The van der Waals surface area contributed by atoms with Crippen molar-refractivity contribution in [1.82, 2.24) is 4.57 Å². The lowest BCUT2D eigenvalue weighted by Crippen LogP contribution is -2.28. The van der Waals surface area contributed by atoms with E-state index in [1.165, 1.54) is 23.5 Å². The van der Waals surface area contributed by atoms with Gasteiger partial charge in [0, 0.05) is 18.3 Å². The molecule has 1 aromatic carbocycles. The van der Waals surface area contributed by atoms with Crippen molar-refractivity contribution in [1.29, 1.82) is 0 Å². The number of benzene rings is 1. The number of thiophene rings is 1. The molecule has 0 saturated heterocycles. The van der Waals surface area contributed by atoms with Gasteiger partial charge in [-0.05, 0) is 57.4 Å². The first-order valence-electron chi connectivity index (χ1n) is 8.51. The van der Waals surface area contributed by atoms with E-state index in [4.69, 9.17) is 4.74 Å². The van der Waals surface area contributed by atoms with Crippen LogP contribution in [0.4, 0.5) is 4.39 Å². The van der Waals surface area contributed by atoms with Crippen LogP contribution in [0.1, 0.15) is 25.8 Å². The van der Waals surface area contributed by atoms with Crippen LogP contribution in [0.25, 0.3) is 10.2 Å². The number of pyridine rings is 1. The third kappa shape index (κ3) is 4.10. The van der Waals surface area contributed by atoms with Gasteiger partial charge in [0.05, 0.1) is 27.9 Å². The number of fused-ring (bicyclic) bond motifs is 1. The maximum atomic E-state index is 13.8. The summed E-state index contributed by atoms with van der Waals surface area (Å²) < 4.78 is 22.1. The van der Waals surface area contributed by atoms with Crippen molar-refractivity contribution in [2.45, 2.75) is 38.3 Å². The smallest absolute Gasteiger partial charge is 0.213 e. The monoisotopic (exact) mass is 453 g/mol. The van der Waals surface area contributed by atoms with Crippen LogP contribution in [0.15, 0.2) is 45.1 Å². The zero-order valence-corrected chi connectivity index (χ0v) is 17.7. The molecule has 2 aromatic heterocycles. The Balaban J connectivity index is 1.87. The molecular weight excluding hydrogens is 433 g/mol. The second-order valence-corrected chi connectivity index (χ2v) is 8.95. The van der Waals surface area contributed by atoms with E-state index in [0.717, 1.165) is 5.52 Å². The third-order valence-electron chi connectivity index (χ3n) is 4.69. The third-order valence-corrected chi connectivity index (χ3v) is 6.16. The van der Waals surface area contributed by atoms with E-state index < -0.39 is 11.5 Å². The molecule has 7 heteroatoms. The van der Waals surface area contributed by atoms with Crippen molar-refractivity contribution >= 4 is 37.5 Å². The summed E-state index contributed by atoms with van der Waals surface area (Å²) in [6, 6.07) is 6.30. The van der Waals surface area contributed by atoms with Gasteiger partial charge in [-0.3, -0.25) is 4.79 Å². The quantitative estimate of drug-likeness (QED) is 0.588. The topological polar surface area (TPSA) is 51.5 Å². The molecule has 0 bridgehead atoms. The molecule has 0 aliphatic carbocycles. The predicted octanol–water partition coefficient (Wildman–Crippen LogP) is 4.70. The fraction of sp³-hybridized carbons (Fsp3) is 0.350. The zero-order valence-electron chi connectivity index (χ0n) is 15.3. The van der Waals surface area contributed by atoms with E-state index in [1.54, 1.807) is 19.4 Å². The standard InChI is InChI=1S/C20H21BrFNO3S/c1-20(2,14-8-12(22)4-5-17(14)26-3)9-13(24)10-23-11-15(21)18(25)19-16(23)6-7-27-19/h4-8,11,13,24H,9-10H2,1-3H3. The molecule has 0 spiro atoms. The molecule has 4 nitrogen and oxygen atoms in total. The number of nitrogens with zero attached hydrogens (tertiary/aromatic N) is 1. The number of hydrogen-bond donors (Lipinski definition) is 1. The van der Waals surface area contributed by atoms with Crippen molar-refractivity contribution in [2.75, 3.05) is 7.11 Å². The van der Waals surface area contributed by atoms with Gasteiger partial charge in [-0.2, -0.15) is 0 Å². The van der Waals surface area contributed by atoms with Crippen LogP contribution in [-0.4, -0.2) is 22.9 Å². The summed E-state index contributed by atoms with van der Waals surface area (Å²) >= 11 is 4.68. The zero-order chi connectivity index (χ0) is 19.8. The van der Waals surface area contributed by atoms with E-state index in [-0.39, 0.29) is 11.2 Å². The van der Waals surface area contributed by atoms with Gasteiger partial charge in [0.2, 0.25) is 5.43 Å². The van der Waals surface area contributed by atoms with Gasteiger partial charge >= 0.3 is 0 Å². The van der Waals surface area contributed by atoms with Crippen molar-refractivity contribution in [3.8, 4) is 5.75 Å². The largest absolute Gasteiger partial charge is 0.496 e. The minimum absolute atomic E-state index is 0.0458. The first-order chi connectivity index (χ1) is 12.7. The number of hydrogen-bond acceptors (Lipinski definition) is 4. The summed E-state index contributed by atoms with van der Waals surface area (Å²) in [5, 5.41) is 12.6. The van der Waals surface area contributed by atoms with Gasteiger partial charge in [-0.1, -0.05) is 13.8 Å². The van der Waals surface area contributed by atoms with Crippen LogP contribution in [0, 0.1) is 5.82 Å². The predicted molar refractivity (Wildman–Crippen MR) is 110 cm³/mol. The maximum absolute atomic E-state index is 13.8. The van der Waals surface area contributed by atoms with E-state index in [9.17, 15) is 14.3 Å². The number of rotatable bonds is 6. The summed E-state index contributed by atoms with van der Waals surface area (Å²) in [4.78, 5) is 12.2. The lowest BCUT2D eigenvalue weighted by Gasteiger charge is -2.30. The number of ether oxygens (including phenoxy) is 1. The molecule has 0 aliphatic rings. The van der Waals surface area contributed by atoms with Crippen LogP contribution >= 0.6 is 27.3 Å². The molecule has 0 saturated carbocycles. The Labute approximate surface area is 169 Å². The molecule has 0 amide bonds. The second kappa shape index (κ2) is 7.73. The number of aliphatic hydroxyl groups excluding tert-OH is 1. The molecule has 1 atom stereocenters. The van der Waals surface area contributed by atoms with Crippen molar-refractivity contribution in [3.63, 3.8) is 0 Å². The Morgan fingerprint density at radius 1 is 1.37 bits per heavy atom. The molecule has 0 aliphatic heterocycles. The highest BCUT2D eigenvalue weighted by molar-refractivity contribution is 9.10. The Hall–Kier alpha value is -1.70. The number of aliphatic hydroxyl groups is 1. The lowest BCUT2D eigenvalue weighted by molar-refractivity contribution is 0.121.